The molecule has 3 unspecified atom stereocenters. The molecule has 0 saturated carbocycles. The van der Waals surface area contributed by atoms with Gasteiger partial charge in [-0.1, -0.05) is 13.3 Å². The van der Waals surface area contributed by atoms with E-state index in [0.717, 1.165) is 19.2 Å². The van der Waals surface area contributed by atoms with Crippen LogP contribution >= 0.6 is 0 Å². The standard InChI is InChI=1S/C15H30N2O/c1-3-14-7-4-5-10-17(14)11-9-16-13(2)15-8-6-12-18-15/h13-16H,3-12H2,1-2H3. The fourth-order valence-corrected chi connectivity index (χ4v) is 3.38. The Kier molecular flexibility index (Phi) is 5.93. The Morgan fingerprint density at radius 1 is 1.28 bits per heavy atom. The second kappa shape index (κ2) is 7.46. The fraction of sp³-hybridized carbons (Fsp3) is 1.00. The topological polar surface area (TPSA) is 24.5 Å². The predicted molar refractivity (Wildman–Crippen MR) is 75.9 cm³/mol. The lowest BCUT2D eigenvalue weighted by Gasteiger charge is -2.35. The van der Waals surface area contributed by atoms with E-state index in [4.69, 9.17) is 4.74 Å². The number of piperidine rings is 1. The van der Waals surface area contributed by atoms with Crippen LogP contribution in [0.2, 0.25) is 0 Å². The summed E-state index contributed by atoms with van der Waals surface area (Å²) in [5.41, 5.74) is 0. The van der Waals surface area contributed by atoms with Gasteiger partial charge in [-0.2, -0.15) is 0 Å². The molecule has 2 aliphatic rings. The van der Waals surface area contributed by atoms with Crippen LogP contribution in [0.3, 0.4) is 0 Å². The van der Waals surface area contributed by atoms with Gasteiger partial charge in [-0.05, 0) is 45.6 Å². The molecule has 2 rings (SSSR count). The van der Waals surface area contributed by atoms with Crippen LogP contribution in [-0.2, 0) is 4.74 Å². The van der Waals surface area contributed by atoms with Gasteiger partial charge >= 0.3 is 0 Å². The second-order valence-electron chi connectivity index (χ2n) is 5.89. The molecule has 3 heteroatoms. The number of hydrogen-bond acceptors (Lipinski definition) is 3. The van der Waals surface area contributed by atoms with Crippen molar-refractivity contribution in [2.45, 2.75) is 70.6 Å². The summed E-state index contributed by atoms with van der Waals surface area (Å²) < 4.78 is 5.72. The normalized spacial score (nSPS) is 31.7. The first-order valence-corrected chi connectivity index (χ1v) is 7.90. The summed E-state index contributed by atoms with van der Waals surface area (Å²) in [7, 11) is 0. The monoisotopic (exact) mass is 254 g/mol. The van der Waals surface area contributed by atoms with Crippen molar-refractivity contribution in [1.82, 2.24) is 10.2 Å². The van der Waals surface area contributed by atoms with Crippen molar-refractivity contribution in [2.24, 2.45) is 0 Å². The average Bonchev–Trinajstić information content (AvgIpc) is 2.93. The highest BCUT2D eigenvalue weighted by Crippen LogP contribution is 2.19. The Morgan fingerprint density at radius 3 is 2.89 bits per heavy atom. The number of likely N-dealkylation sites (tertiary alicyclic amines) is 1. The SMILES string of the molecule is CCC1CCCCN1CCNC(C)C1CCCO1. The molecule has 0 bridgehead atoms. The number of rotatable bonds is 6. The van der Waals surface area contributed by atoms with Gasteiger partial charge < -0.3 is 10.1 Å². The summed E-state index contributed by atoms with van der Waals surface area (Å²) in [6.07, 6.45) is 8.44. The largest absolute Gasteiger partial charge is 0.377 e. The Bertz CT molecular complexity index is 229. The van der Waals surface area contributed by atoms with Crippen molar-refractivity contribution in [1.29, 1.82) is 0 Å². The summed E-state index contributed by atoms with van der Waals surface area (Å²) in [4.78, 5) is 2.68. The summed E-state index contributed by atoms with van der Waals surface area (Å²) in [6, 6.07) is 1.34. The van der Waals surface area contributed by atoms with Crippen LogP contribution in [-0.4, -0.2) is 49.3 Å². The van der Waals surface area contributed by atoms with Gasteiger partial charge in [0, 0.05) is 31.8 Å². The number of nitrogens with zero attached hydrogens (tertiary/aromatic N) is 1. The van der Waals surface area contributed by atoms with Crippen LogP contribution in [0.25, 0.3) is 0 Å². The smallest absolute Gasteiger partial charge is 0.0726 e. The summed E-state index contributed by atoms with van der Waals surface area (Å²) in [5.74, 6) is 0. The minimum absolute atomic E-state index is 0.452. The quantitative estimate of drug-likeness (QED) is 0.788. The van der Waals surface area contributed by atoms with Crippen molar-refractivity contribution in [2.75, 3.05) is 26.2 Å². The maximum Gasteiger partial charge on any atom is 0.0726 e. The molecule has 2 aliphatic heterocycles. The van der Waals surface area contributed by atoms with E-state index < -0.39 is 0 Å². The van der Waals surface area contributed by atoms with Crippen LogP contribution in [0.4, 0.5) is 0 Å². The molecule has 18 heavy (non-hydrogen) atoms. The zero-order valence-electron chi connectivity index (χ0n) is 12.2. The number of ether oxygens (including phenoxy) is 1. The van der Waals surface area contributed by atoms with E-state index in [2.05, 4.69) is 24.1 Å². The first kappa shape index (κ1) is 14.3. The molecule has 0 amide bonds. The lowest BCUT2D eigenvalue weighted by Crippen LogP contribution is -2.45. The van der Waals surface area contributed by atoms with Crippen LogP contribution in [0.1, 0.15) is 52.4 Å². The minimum Gasteiger partial charge on any atom is -0.377 e. The summed E-state index contributed by atoms with van der Waals surface area (Å²) in [5, 5.41) is 3.65. The molecular formula is C15H30N2O. The van der Waals surface area contributed by atoms with Gasteiger partial charge in [-0.15, -0.1) is 0 Å². The molecule has 106 valence electrons. The molecule has 3 nitrogen and oxygen atoms in total. The van der Waals surface area contributed by atoms with Crippen molar-refractivity contribution < 1.29 is 4.74 Å². The summed E-state index contributed by atoms with van der Waals surface area (Å²) >= 11 is 0. The highest BCUT2D eigenvalue weighted by molar-refractivity contribution is 4.79. The molecule has 0 aromatic heterocycles. The van der Waals surface area contributed by atoms with Crippen molar-refractivity contribution >= 4 is 0 Å². The highest BCUT2D eigenvalue weighted by atomic mass is 16.5. The van der Waals surface area contributed by atoms with E-state index in [-0.39, 0.29) is 0 Å². The number of nitrogens with one attached hydrogen (secondary N) is 1. The predicted octanol–water partition coefficient (Wildman–Crippen LogP) is 2.41. The van der Waals surface area contributed by atoms with E-state index >= 15 is 0 Å². The van der Waals surface area contributed by atoms with Crippen LogP contribution < -0.4 is 5.32 Å². The first-order chi connectivity index (χ1) is 8.81. The van der Waals surface area contributed by atoms with E-state index in [1.54, 1.807) is 0 Å². The summed E-state index contributed by atoms with van der Waals surface area (Å²) in [6.45, 7) is 9.16. The third kappa shape index (κ3) is 3.94. The molecule has 2 heterocycles. The van der Waals surface area contributed by atoms with Gasteiger partial charge in [-0.25, -0.2) is 0 Å². The lowest BCUT2D eigenvalue weighted by molar-refractivity contribution is 0.0802. The van der Waals surface area contributed by atoms with Crippen LogP contribution in [0, 0.1) is 0 Å². The molecule has 0 spiro atoms. The Balaban J connectivity index is 1.64. The fourth-order valence-electron chi connectivity index (χ4n) is 3.38. The number of hydrogen-bond donors (Lipinski definition) is 1. The molecule has 0 aromatic rings. The van der Waals surface area contributed by atoms with Gasteiger partial charge in [0.15, 0.2) is 0 Å². The maximum absolute atomic E-state index is 5.72. The Hall–Kier alpha value is -0.120. The lowest BCUT2D eigenvalue weighted by atomic mass is 10.0. The van der Waals surface area contributed by atoms with Gasteiger partial charge in [0.2, 0.25) is 0 Å². The van der Waals surface area contributed by atoms with Crippen molar-refractivity contribution in [3.05, 3.63) is 0 Å². The maximum atomic E-state index is 5.72. The molecule has 2 saturated heterocycles. The highest BCUT2D eigenvalue weighted by Gasteiger charge is 2.23. The van der Waals surface area contributed by atoms with Gasteiger partial charge in [0.25, 0.3) is 0 Å². The van der Waals surface area contributed by atoms with Crippen molar-refractivity contribution in [3.63, 3.8) is 0 Å². The van der Waals surface area contributed by atoms with Gasteiger partial charge in [0.1, 0.15) is 0 Å². The van der Waals surface area contributed by atoms with E-state index in [1.165, 1.54) is 51.6 Å². The first-order valence-electron chi connectivity index (χ1n) is 7.90. The van der Waals surface area contributed by atoms with Crippen LogP contribution in [0.15, 0.2) is 0 Å². The van der Waals surface area contributed by atoms with Gasteiger partial charge in [0.05, 0.1) is 6.10 Å². The molecule has 1 N–H and O–H groups in total. The Labute approximate surface area is 112 Å². The zero-order chi connectivity index (χ0) is 12.8. The molecule has 0 radical (unpaired) electrons. The average molecular weight is 254 g/mol. The molecule has 3 atom stereocenters. The second-order valence-corrected chi connectivity index (χ2v) is 5.89. The third-order valence-electron chi connectivity index (χ3n) is 4.61. The zero-order valence-corrected chi connectivity index (χ0v) is 12.2. The van der Waals surface area contributed by atoms with E-state index in [0.29, 0.717) is 12.1 Å². The van der Waals surface area contributed by atoms with Crippen LogP contribution in [0.5, 0.6) is 0 Å². The van der Waals surface area contributed by atoms with Gasteiger partial charge in [-0.3, -0.25) is 4.90 Å². The van der Waals surface area contributed by atoms with Crippen molar-refractivity contribution in [3.8, 4) is 0 Å². The molecule has 0 aromatic carbocycles. The molecule has 0 aliphatic carbocycles. The minimum atomic E-state index is 0.452. The van der Waals surface area contributed by atoms with E-state index in [1.807, 2.05) is 0 Å². The third-order valence-corrected chi connectivity index (χ3v) is 4.61. The molecule has 2 fully saturated rings. The Morgan fingerprint density at radius 2 is 2.17 bits per heavy atom. The van der Waals surface area contributed by atoms with E-state index in [9.17, 15) is 0 Å². The molecular weight excluding hydrogens is 224 g/mol.